The summed E-state index contributed by atoms with van der Waals surface area (Å²) in [6.07, 6.45) is -4.65. The second-order valence-corrected chi connectivity index (χ2v) is 6.71. The van der Waals surface area contributed by atoms with E-state index in [9.17, 15) is 26.4 Å². The zero-order chi connectivity index (χ0) is 18.9. The molecule has 0 saturated carbocycles. The zero-order valence-electron chi connectivity index (χ0n) is 13.5. The highest BCUT2D eigenvalue weighted by atomic mass is 32.2. The van der Waals surface area contributed by atoms with E-state index >= 15 is 0 Å². The van der Waals surface area contributed by atoms with Crippen LogP contribution in [0.2, 0.25) is 0 Å². The Kier molecular flexibility index (Phi) is 8.29. The number of halogens is 3. The number of methoxy groups -OCH3 is 1. The normalized spacial score (nSPS) is 12.2. The van der Waals surface area contributed by atoms with Crippen molar-refractivity contribution in [1.29, 1.82) is 0 Å². The van der Waals surface area contributed by atoms with Gasteiger partial charge in [0.15, 0.2) is 0 Å². The molecule has 11 heteroatoms. The maximum Gasteiger partial charge on any atom is 0.416 e. The van der Waals surface area contributed by atoms with Crippen LogP contribution >= 0.6 is 0 Å². The van der Waals surface area contributed by atoms with Gasteiger partial charge in [0.25, 0.3) is 0 Å². The Morgan fingerprint density at radius 2 is 1.92 bits per heavy atom. The van der Waals surface area contributed by atoms with E-state index in [-0.39, 0.29) is 6.54 Å². The van der Waals surface area contributed by atoms with Crippen molar-refractivity contribution in [1.82, 2.24) is 15.4 Å². The molecule has 0 spiro atoms. The molecule has 1 aromatic carbocycles. The van der Waals surface area contributed by atoms with Crippen LogP contribution in [-0.4, -0.2) is 54.2 Å². The number of nitrogens with one attached hydrogen (secondary N) is 3. The van der Waals surface area contributed by atoms with Crippen LogP contribution in [0.3, 0.4) is 0 Å². The number of benzene rings is 1. The molecule has 1 aromatic rings. The fourth-order valence-electron chi connectivity index (χ4n) is 1.74. The van der Waals surface area contributed by atoms with Gasteiger partial charge in [-0.05, 0) is 18.2 Å². The summed E-state index contributed by atoms with van der Waals surface area (Å²) < 4.78 is 68.6. The van der Waals surface area contributed by atoms with E-state index in [0.717, 1.165) is 18.2 Å². The molecule has 0 aromatic heterocycles. The Hall–Kier alpha value is -1.69. The number of alkyl halides is 3. The average Bonchev–Trinajstić information content (AvgIpc) is 2.55. The molecule has 7 nitrogen and oxygen atoms in total. The van der Waals surface area contributed by atoms with Crippen molar-refractivity contribution < 1.29 is 31.1 Å². The fourth-order valence-corrected chi connectivity index (χ4v) is 2.76. The first-order valence-corrected chi connectivity index (χ1v) is 8.78. The molecule has 0 aliphatic carbocycles. The number of hydrogen-bond donors (Lipinski definition) is 3. The van der Waals surface area contributed by atoms with Gasteiger partial charge in [-0.3, -0.25) is 4.79 Å². The van der Waals surface area contributed by atoms with E-state index in [2.05, 4.69) is 10.6 Å². The highest BCUT2D eigenvalue weighted by Gasteiger charge is 2.31. The van der Waals surface area contributed by atoms with Crippen LogP contribution in [0.25, 0.3) is 0 Å². The average molecular weight is 383 g/mol. The van der Waals surface area contributed by atoms with Crippen LogP contribution in [0.4, 0.5) is 13.2 Å². The van der Waals surface area contributed by atoms with Crippen LogP contribution in [0.5, 0.6) is 0 Å². The fraction of sp³-hybridized carbons (Fsp3) is 0.500. The molecule has 1 amide bonds. The molecule has 0 bridgehead atoms. The summed E-state index contributed by atoms with van der Waals surface area (Å²) in [6.45, 7) is 1.29. The lowest BCUT2D eigenvalue weighted by atomic mass is 10.2. The van der Waals surface area contributed by atoms with Gasteiger partial charge in [0.05, 0.1) is 23.6 Å². The largest absolute Gasteiger partial charge is 0.416 e. The van der Waals surface area contributed by atoms with E-state index in [0.29, 0.717) is 25.8 Å². The van der Waals surface area contributed by atoms with E-state index in [1.54, 1.807) is 7.11 Å². The summed E-state index contributed by atoms with van der Waals surface area (Å²) in [4.78, 5) is 11.0. The van der Waals surface area contributed by atoms with E-state index in [1.807, 2.05) is 4.72 Å². The lowest BCUT2D eigenvalue weighted by molar-refractivity contribution is -0.137. The lowest BCUT2D eigenvalue weighted by Gasteiger charge is -2.11. The quantitative estimate of drug-likeness (QED) is 0.506. The number of carbonyl (C=O) groups excluding carboxylic acids is 1. The molecule has 142 valence electrons. The van der Waals surface area contributed by atoms with Gasteiger partial charge in [-0.2, -0.15) is 13.2 Å². The molecule has 0 fully saturated rings. The first-order valence-electron chi connectivity index (χ1n) is 7.30. The first-order chi connectivity index (χ1) is 11.7. The predicted octanol–water partition coefficient (Wildman–Crippen LogP) is 0.336. The van der Waals surface area contributed by atoms with E-state index in [1.165, 1.54) is 0 Å². The molecule has 0 heterocycles. The molecule has 0 aliphatic rings. The first kappa shape index (κ1) is 21.4. The summed E-state index contributed by atoms with van der Waals surface area (Å²) >= 11 is 0. The van der Waals surface area contributed by atoms with Gasteiger partial charge >= 0.3 is 6.18 Å². The number of carbonyl (C=O) groups is 1. The Labute approximate surface area is 144 Å². The Morgan fingerprint density at radius 3 is 2.56 bits per heavy atom. The van der Waals surface area contributed by atoms with E-state index in [4.69, 9.17) is 4.74 Å². The minimum atomic E-state index is -4.65. The molecule has 25 heavy (non-hydrogen) atoms. The smallest absolute Gasteiger partial charge is 0.383 e. The summed E-state index contributed by atoms with van der Waals surface area (Å²) in [5.74, 6) is -0.593. The summed E-state index contributed by atoms with van der Waals surface area (Å²) in [5, 5.41) is 5.45. The van der Waals surface area contributed by atoms with Gasteiger partial charge in [-0.1, -0.05) is 6.07 Å². The highest BCUT2D eigenvalue weighted by Crippen LogP contribution is 2.30. The second kappa shape index (κ2) is 9.70. The van der Waals surface area contributed by atoms with Crippen molar-refractivity contribution in [2.24, 2.45) is 0 Å². The lowest BCUT2D eigenvalue weighted by Crippen LogP contribution is -2.39. The van der Waals surface area contributed by atoms with Gasteiger partial charge in [0.2, 0.25) is 15.9 Å². The third-order valence-corrected chi connectivity index (χ3v) is 4.40. The zero-order valence-corrected chi connectivity index (χ0v) is 14.3. The molecule has 3 N–H and O–H groups in total. The second-order valence-electron chi connectivity index (χ2n) is 4.94. The Bertz CT molecular complexity index is 666. The third kappa shape index (κ3) is 7.82. The van der Waals surface area contributed by atoms with Crippen molar-refractivity contribution in [2.75, 3.05) is 39.9 Å². The van der Waals surface area contributed by atoms with Gasteiger partial charge < -0.3 is 15.4 Å². The van der Waals surface area contributed by atoms with Gasteiger partial charge in [0, 0.05) is 26.7 Å². The molecule has 0 aliphatic heterocycles. The van der Waals surface area contributed by atoms with Crippen molar-refractivity contribution in [3.05, 3.63) is 29.8 Å². The summed E-state index contributed by atoms with van der Waals surface area (Å²) in [7, 11) is -2.67. The van der Waals surface area contributed by atoms with Crippen LogP contribution < -0.4 is 15.4 Å². The van der Waals surface area contributed by atoms with Crippen LogP contribution in [-0.2, 0) is 25.7 Å². The third-order valence-electron chi connectivity index (χ3n) is 3.00. The van der Waals surface area contributed by atoms with Crippen molar-refractivity contribution >= 4 is 15.9 Å². The molecular weight excluding hydrogens is 363 g/mol. The minimum absolute atomic E-state index is 0.272. The van der Waals surface area contributed by atoms with Gasteiger partial charge in [0.1, 0.15) is 0 Å². The van der Waals surface area contributed by atoms with Crippen LogP contribution in [0.15, 0.2) is 29.2 Å². The summed E-state index contributed by atoms with van der Waals surface area (Å²) in [6, 6.07) is 3.29. The Morgan fingerprint density at radius 1 is 1.20 bits per heavy atom. The van der Waals surface area contributed by atoms with Crippen LogP contribution in [0, 0.1) is 0 Å². The predicted molar refractivity (Wildman–Crippen MR) is 84.4 cm³/mol. The monoisotopic (exact) mass is 383 g/mol. The maximum atomic E-state index is 12.6. The van der Waals surface area contributed by atoms with Crippen molar-refractivity contribution in [3.8, 4) is 0 Å². The highest BCUT2D eigenvalue weighted by molar-refractivity contribution is 7.89. The number of ether oxygens (including phenoxy) is 1. The van der Waals surface area contributed by atoms with E-state index < -0.39 is 39.1 Å². The van der Waals surface area contributed by atoms with Gasteiger partial charge in [-0.25, -0.2) is 13.1 Å². The van der Waals surface area contributed by atoms with Crippen LogP contribution in [0.1, 0.15) is 5.56 Å². The SMILES string of the molecule is COCCNCCNC(=O)CNS(=O)(=O)c1cccc(C(F)(F)F)c1. The van der Waals surface area contributed by atoms with Gasteiger partial charge in [-0.15, -0.1) is 0 Å². The molecule has 0 saturated heterocycles. The number of hydrogen-bond acceptors (Lipinski definition) is 5. The van der Waals surface area contributed by atoms with Crippen molar-refractivity contribution in [2.45, 2.75) is 11.1 Å². The molecular formula is C14H20F3N3O4S. The number of sulfonamides is 1. The Balaban J connectivity index is 2.49. The van der Waals surface area contributed by atoms with Crippen molar-refractivity contribution in [3.63, 3.8) is 0 Å². The topological polar surface area (TPSA) is 96.5 Å². The minimum Gasteiger partial charge on any atom is -0.383 e. The number of amides is 1. The molecule has 0 unspecified atom stereocenters. The molecule has 1 rings (SSSR count). The standard InChI is InChI=1S/C14H20F3N3O4S/c1-24-8-7-18-5-6-19-13(21)10-20-25(22,23)12-4-2-3-11(9-12)14(15,16)17/h2-4,9,18,20H,5-8,10H2,1H3,(H,19,21). The molecule has 0 radical (unpaired) electrons. The maximum absolute atomic E-state index is 12.6. The molecule has 0 atom stereocenters. The summed E-state index contributed by atoms with van der Waals surface area (Å²) in [5.41, 5.74) is -1.08. The number of rotatable bonds is 10.